The Kier molecular flexibility index (Phi) is 6.30. The van der Waals surface area contributed by atoms with Gasteiger partial charge in [0.1, 0.15) is 23.3 Å². The van der Waals surface area contributed by atoms with Gasteiger partial charge in [-0.1, -0.05) is 6.07 Å². The molecule has 0 aliphatic carbocycles. The van der Waals surface area contributed by atoms with Crippen molar-refractivity contribution >= 4 is 23.2 Å². The highest BCUT2D eigenvalue weighted by atomic mass is 19.1. The zero-order valence-corrected chi connectivity index (χ0v) is 16.1. The fraction of sp³-hybridized carbons (Fsp3) is 0.0952. The van der Waals surface area contributed by atoms with Gasteiger partial charge in [0.05, 0.1) is 40.8 Å². The van der Waals surface area contributed by atoms with Gasteiger partial charge in [-0.25, -0.2) is 17.6 Å². The minimum Gasteiger partial charge on any atom is -0.322 e. The maximum absolute atomic E-state index is 15.0. The normalized spacial score (nSPS) is 10.6. The Bertz CT molecular complexity index is 1150. The summed E-state index contributed by atoms with van der Waals surface area (Å²) in [5.41, 5.74) is 3.00. The lowest BCUT2D eigenvalue weighted by Gasteiger charge is -2.20. The van der Waals surface area contributed by atoms with Crippen molar-refractivity contribution < 1.29 is 27.2 Å². The highest BCUT2D eigenvalue weighted by Crippen LogP contribution is 2.33. The van der Waals surface area contributed by atoms with Crippen LogP contribution < -0.4 is 16.0 Å². The number of hydrogen-bond donors (Lipinski definition) is 2. The number of likely N-dealkylation sites (N-methyl/N-ethyl adjacent to an activating group) is 1. The fourth-order valence-electron chi connectivity index (χ4n) is 2.93. The van der Waals surface area contributed by atoms with Crippen molar-refractivity contribution in [2.75, 3.05) is 23.8 Å². The molecule has 1 heterocycles. The second-order valence-electron chi connectivity index (χ2n) is 6.38. The Morgan fingerprint density at radius 2 is 1.65 bits per heavy atom. The number of nitrogens with two attached hydrogens (primary N) is 1. The molecular weight excluding hydrogens is 416 g/mol. The van der Waals surface area contributed by atoms with E-state index in [0.29, 0.717) is 0 Å². The van der Waals surface area contributed by atoms with E-state index in [1.165, 1.54) is 30.4 Å². The Morgan fingerprint density at radius 3 is 2.29 bits per heavy atom. The van der Waals surface area contributed by atoms with Crippen LogP contribution in [0.15, 0.2) is 48.8 Å². The maximum Gasteiger partial charge on any atom is 0.258 e. The van der Waals surface area contributed by atoms with Crippen LogP contribution in [0.25, 0.3) is 11.1 Å². The van der Waals surface area contributed by atoms with Gasteiger partial charge in [0.15, 0.2) is 0 Å². The quantitative estimate of drug-likeness (QED) is 0.605. The van der Waals surface area contributed by atoms with Crippen LogP contribution in [0.4, 0.5) is 28.9 Å². The molecule has 0 aliphatic rings. The number of pyridine rings is 1. The van der Waals surface area contributed by atoms with Crippen LogP contribution >= 0.6 is 0 Å². The zero-order chi connectivity index (χ0) is 22.7. The molecule has 0 radical (unpaired) electrons. The summed E-state index contributed by atoms with van der Waals surface area (Å²) in [6.07, 6.45) is 2.58. The molecule has 3 N–H and O–H groups in total. The van der Waals surface area contributed by atoms with Gasteiger partial charge in [0.25, 0.3) is 5.91 Å². The molecule has 3 rings (SSSR count). The lowest BCUT2D eigenvalue weighted by Crippen LogP contribution is -2.33. The van der Waals surface area contributed by atoms with Crippen LogP contribution in [-0.4, -0.2) is 30.4 Å². The lowest BCUT2D eigenvalue weighted by atomic mass is 9.99. The van der Waals surface area contributed by atoms with Crippen LogP contribution in [0.5, 0.6) is 0 Å². The molecule has 0 fully saturated rings. The van der Waals surface area contributed by atoms with Gasteiger partial charge < -0.3 is 16.0 Å². The van der Waals surface area contributed by atoms with E-state index in [9.17, 15) is 22.8 Å². The van der Waals surface area contributed by atoms with Crippen molar-refractivity contribution in [2.45, 2.75) is 0 Å². The summed E-state index contributed by atoms with van der Waals surface area (Å²) in [4.78, 5) is 29.6. The standard InChI is InChI=1S/C21H16F4N4O2/c1-29(17(30)9-26)16-7-8-27-10-15(16)28-21(31)11-5-6-14(24)19(20(11)25)18-12(22)3-2-4-13(18)23/h2-8,10H,9,26H2,1H3,(H,28,31). The first-order valence-electron chi connectivity index (χ1n) is 8.90. The maximum atomic E-state index is 15.0. The van der Waals surface area contributed by atoms with Crippen LogP contribution in [0.2, 0.25) is 0 Å². The Balaban J connectivity index is 2.03. The third-order valence-corrected chi connectivity index (χ3v) is 4.50. The van der Waals surface area contributed by atoms with E-state index in [2.05, 4.69) is 10.3 Å². The van der Waals surface area contributed by atoms with Crippen molar-refractivity contribution in [1.29, 1.82) is 0 Å². The molecule has 160 valence electrons. The van der Waals surface area contributed by atoms with E-state index < -0.39 is 51.8 Å². The second kappa shape index (κ2) is 8.92. The van der Waals surface area contributed by atoms with Crippen molar-refractivity contribution in [3.63, 3.8) is 0 Å². The molecular formula is C21H16F4N4O2. The van der Waals surface area contributed by atoms with Gasteiger partial charge in [-0.3, -0.25) is 14.6 Å². The Labute approximate surface area is 174 Å². The molecule has 0 saturated carbocycles. The summed E-state index contributed by atoms with van der Waals surface area (Å²) in [5.74, 6) is -6.57. The molecule has 0 atom stereocenters. The Morgan fingerprint density at radius 1 is 1.00 bits per heavy atom. The van der Waals surface area contributed by atoms with E-state index in [0.717, 1.165) is 30.3 Å². The minimum atomic E-state index is -1.45. The van der Waals surface area contributed by atoms with Crippen molar-refractivity contribution in [2.24, 2.45) is 5.73 Å². The van der Waals surface area contributed by atoms with Crippen LogP contribution in [0.1, 0.15) is 10.4 Å². The number of anilines is 2. The summed E-state index contributed by atoms with van der Waals surface area (Å²) in [7, 11) is 1.41. The molecule has 0 saturated heterocycles. The van der Waals surface area contributed by atoms with Crippen LogP contribution in [0.3, 0.4) is 0 Å². The van der Waals surface area contributed by atoms with Crippen molar-refractivity contribution in [1.82, 2.24) is 4.98 Å². The van der Waals surface area contributed by atoms with Gasteiger partial charge in [0.2, 0.25) is 5.91 Å². The number of nitrogens with one attached hydrogen (secondary N) is 1. The molecule has 10 heteroatoms. The van der Waals surface area contributed by atoms with E-state index >= 15 is 4.39 Å². The van der Waals surface area contributed by atoms with Gasteiger partial charge >= 0.3 is 0 Å². The second-order valence-corrected chi connectivity index (χ2v) is 6.38. The molecule has 2 amide bonds. The molecule has 31 heavy (non-hydrogen) atoms. The summed E-state index contributed by atoms with van der Waals surface area (Å²) in [6, 6.07) is 5.72. The third kappa shape index (κ3) is 4.24. The molecule has 0 unspecified atom stereocenters. The third-order valence-electron chi connectivity index (χ3n) is 4.50. The van der Waals surface area contributed by atoms with E-state index in [1.807, 2.05) is 0 Å². The average Bonchev–Trinajstić information content (AvgIpc) is 2.75. The first-order valence-corrected chi connectivity index (χ1v) is 8.90. The van der Waals surface area contributed by atoms with E-state index in [1.54, 1.807) is 0 Å². The highest BCUT2D eigenvalue weighted by Gasteiger charge is 2.25. The van der Waals surface area contributed by atoms with Crippen molar-refractivity contribution in [3.8, 4) is 11.1 Å². The predicted octanol–water partition coefficient (Wildman–Crippen LogP) is 3.48. The lowest BCUT2D eigenvalue weighted by molar-refractivity contribution is -0.117. The van der Waals surface area contributed by atoms with E-state index in [-0.39, 0.29) is 17.9 Å². The highest BCUT2D eigenvalue weighted by molar-refractivity contribution is 6.08. The van der Waals surface area contributed by atoms with Gasteiger partial charge in [0, 0.05) is 13.2 Å². The predicted molar refractivity (Wildman–Crippen MR) is 106 cm³/mol. The number of rotatable bonds is 5. The number of nitrogens with zero attached hydrogens (tertiary/aromatic N) is 2. The average molecular weight is 432 g/mol. The minimum absolute atomic E-state index is 0.0409. The molecule has 0 bridgehead atoms. The fourth-order valence-corrected chi connectivity index (χ4v) is 2.93. The van der Waals surface area contributed by atoms with Gasteiger partial charge in [-0.05, 0) is 30.3 Å². The number of carbonyl (C=O) groups is 2. The number of aromatic nitrogens is 1. The number of benzene rings is 2. The summed E-state index contributed by atoms with van der Waals surface area (Å²) >= 11 is 0. The Hall–Kier alpha value is -3.79. The topological polar surface area (TPSA) is 88.3 Å². The van der Waals surface area contributed by atoms with Gasteiger partial charge in [-0.15, -0.1) is 0 Å². The number of hydrogen-bond acceptors (Lipinski definition) is 4. The summed E-state index contributed by atoms with van der Waals surface area (Å²) in [6.45, 7) is -0.295. The molecule has 6 nitrogen and oxygen atoms in total. The first-order chi connectivity index (χ1) is 14.8. The summed E-state index contributed by atoms with van der Waals surface area (Å²) in [5, 5.41) is 2.37. The molecule has 3 aromatic rings. The first kappa shape index (κ1) is 21.9. The van der Waals surface area contributed by atoms with Crippen LogP contribution in [0, 0.1) is 23.3 Å². The molecule has 2 aromatic carbocycles. The molecule has 0 aliphatic heterocycles. The number of halogens is 4. The number of amides is 2. The number of carbonyl (C=O) groups excluding carboxylic acids is 2. The monoisotopic (exact) mass is 432 g/mol. The van der Waals surface area contributed by atoms with Crippen LogP contribution in [-0.2, 0) is 4.79 Å². The molecule has 0 spiro atoms. The molecule has 1 aromatic heterocycles. The SMILES string of the molecule is CN(C(=O)CN)c1ccncc1NC(=O)c1ccc(F)c(-c2c(F)cccc2F)c1F. The van der Waals surface area contributed by atoms with Gasteiger partial charge in [-0.2, -0.15) is 0 Å². The summed E-state index contributed by atoms with van der Waals surface area (Å²) < 4.78 is 57.5. The van der Waals surface area contributed by atoms with Crippen molar-refractivity contribution in [3.05, 3.63) is 77.6 Å². The van der Waals surface area contributed by atoms with E-state index in [4.69, 9.17) is 5.73 Å². The smallest absolute Gasteiger partial charge is 0.258 e. The zero-order valence-electron chi connectivity index (χ0n) is 16.1. The largest absolute Gasteiger partial charge is 0.322 e.